The number of hydrogen-bond acceptors (Lipinski definition) is 8. The van der Waals surface area contributed by atoms with Crippen LogP contribution >= 0.6 is 0 Å². The van der Waals surface area contributed by atoms with Gasteiger partial charge in [-0.15, -0.1) is 0 Å². The van der Waals surface area contributed by atoms with Gasteiger partial charge in [0.2, 0.25) is 5.88 Å². The Morgan fingerprint density at radius 1 is 0.976 bits per heavy atom. The van der Waals surface area contributed by atoms with Gasteiger partial charge in [0, 0.05) is 11.6 Å². The third-order valence-electron chi connectivity index (χ3n) is 7.10. The highest BCUT2D eigenvalue weighted by Gasteiger charge is 2.32. The molecule has 42 heavy (non-hydrogen) atoms. The lowest BCUT2D eigenvalue weighted by Gasteiger charge is -2.27. The van der Waals surface area contributed by atoms with Gasteiger partial charge in [-0.1, -0.05) is 64.3 Å². The Balaban J connectivity index is 1.49. The summed E-state index contributed by atoms with van der Waals surface area (Å²) in [7, 11) is 1.58. The maximum Gasteiger partial charge on any atom is 0.349 e. The quantitative estimate of drug-likeness (QED) is 0.133. The summed E-state index contributed by atoms with van der Waals surface area (Å²) in [5.41, 5.74) is 9.14. The third-order valence-corrected chi connectivity index (χ3v) is 7.10. The van der Waals surface area contributed by atoms with E-state index in [1.807, 2.05) is 42.5 Å². The Hall–Kier alpha value is -4.64. The molecule has 8 heteroatoms. The fourth-order valence-electron chi connectivity index (χ4n) is 4.79. The number of esters is 1. The Labute approximate surface area is 247 Å². The molecular formula is C34H38N2O6. The van der Waals surface area contributed by atoms with Crippen molar-refractivity contribution in [3.8, 4) is 34.8 Å². The first-order valence-electron chi connectivity index (χ1n) is 14.3. The zero-order valence-corrected chi connectivity index (χ0v) is 24.6. The van der Waals surface area contributed by atoms with E-state index in [2.05, 4.69) is 26.8 Å². The highest BCUT2D eigenvalue weighted by Crippen LogP contribution is 2.45. The largest absolute Gasteiger partial charge is 0.493 e. The van der Waals surface area contributed by atoms with Crippen molar-refractivity contribution in [1.82, 2.24) is 0 Å². The number of benzene rings is 3. The standard InChI is InChI=1S/C34H38N2O6/c1-5-6-7-8-17-39-29-16-11-24(18-31(29)38-4)33-27-15-14-26(19-30(27)42-34(36)28(33)20-35)41-32(37)21-40-25-12-9-23(10-13-25)22(2)3/h9-16,18-19,22,33H,5-8,17,21,36H2,1-4H3. The molecule has 0 fully saturated rings. The van der Waals surface area contributed by atoms with Crippen molar-refractivity contribution in [2.45, 2.75) is 58.3 Å². The number of carbonyl (C=O) groups is 1. The van der Waals surface area contributed by atoms with E-state index in [0.29, 0.717) is 41.1 Å². The summed E-state index contributed by atoms with van der Waals surface area (Å²) >= 11 is 0. The van der Waals surface area contributed by atoms with E-state index in [1.54, 1.807) is 25.3 Å². The maximum absolute atomic E-state index is 12.5. The number of methoxy groups -OCH3 is 1. The summed E-state index contributed by atoms with van der Waals surface area (Å²) < 4.78 is 28.5. The predicted molar refractivity (Wildman–Crippen MR) is 160 cm³/mol. The summed E-state index contributed by atoms with van der Waals surface area (Å²) in [4.78, 5) is 12.5. The van der Waals surface area contributed by atoms with Crippen molar-refractivity contribution in [2.24, 2.45) is 5.73 Å². The highest BCUT2D eigenvalue weighted by molar-refractivity contribution is 5.74. The topological polar surface area (TPSA) is 113 Å². The Morgan fingerprint density at radius 3 is 2.43 bits per heavy atom. The molecule has 1 heterocycles. The van der Waals surface area contributed by atoms with Gasteiger partial charge in [0.15, 0.2) is 18.1 Å². The number of hydrogen-bond donors (Lipinski definition) is 1. The van der Waals surface area contributed by atoms with E-state index in [0.717, 1.165) is 24.8 Å². The second kappa shape index (κ2) is 14.3. The van der Waals surface area contributed by atoms with E-state index in [1.165, 1.54) is 12.0 Å². The Morgan fingerprint density at radius 2 is 1.74 bits per heavy atom. The molecule has 0 aliphatic carbocycles. The molecule has 0 spiro atoms. The molecule has 1 atom stereocenters. The van der Waals surface area contributed by atoms with E-state index in [-0.39, 0.29) is 23.8 Å². The summed E-state index contributed by atoms with van der Waals surface area (Å²) in [5.74, 6) is 1.77. The first-order chi connectivity index (χ1) is 20.3. The monoisotopic (exact) mass is 570 g/mol. The normalized spacial score (nSPS) is 14.0. The van der Waals surface area contributed by atoms with Gasteiger partial charge in [-0.2, -0.15) is 5.26 Å². The minimum atomic E-state index is -0.563. The van der Waals surface area contributed by atoms with Gasteiger partial charge in [0.05, 0.1) is 19.6 Å². The van der Waals surface area contributed by atoms with Crippen LogP contribution in [-0.4, -0.2) is 26.3 Å². The minimum absolute atomic E-state index is 0.0122. The molecule has 1 unspecified atom stereocenters. The molecule has 3 aromatic rings. The van der Waals surface area contributed by atoms with E-state index in [9.17, 15) is 10.1 Å². The fourth-order valence-corrected chi connectivity index (χ4v) is 4.79. The van der Waals surface area contributed by atoms with Gasteiger partial charge in [0.25, 0.3) is 0 Å². The lowest BCUT2D eigenvalue weighted by atomic mass is 9.83. The third kappa shape index (κ3) is 7.35. The predicted octanol–water partition coefficient (Wildman–Crippen LogP) is 6.98. The number of nitrogens with two attached hydrogens (primary N) is 1. The number of ether oxygens (including phenoxy) is 5. The first-order valence-corrected chi connectivity index (χ1v) is 14.3. The number of rotatable bonds is 13. The zero-order valence-electron chi connectivity index (χ0n) is 24.6. The van der Waals surface area contributed by atoms with Crippen molar-refractivity contribution in [1.29, 1.82) is 5.26 Å². The van der Waals surface area contributed by atoms with Gasteiger partial charge in [-0.3, -0.25) is 0 Å². The van der Waals surface area contributed by atoms with E-state index < -0.39 is 11.9 Å². The van der Waals surface area contributed by atoms with Crippen molar-refractivity contribution in [3.63, 3.8) is 0 Å². The van der Waals surface area contributed by atoms with Crippen LogP contribution in [0, 0.1) is 11.3 Å². The van der Waals surface area contributed by atoms with Crippen LogP contribution in [0.25, 0.3) is 0 Å². The Kier molecular flexibility index (Phi) is 10.3. The number of fused-ring (bicyclic) bond motifs is 1. The van der Waals surface area contributed by atoms with Crippen LogP contribution in [-0.2, 0) is 4.79 Å². The molecule has 0 bridgehead atoms. The van der Waals surface area contributed by atoms with Gasteiger partial charge >= 0.3 is 5.97 Å². The van der Waals surface area contributed by atoms with Crippen LogP contribution in [0.5, 0.6) is 28.7 Å². The number of nitriles is 1. The summed E-state index contributed by atoms with van der Waals surface area (Å²) in [6.45, 7) is 6.74. The van der Waals surface area contributed by atoms with Gasteiger partial charge in [-0.25, -0.2) is 4.79 Å². The van der Waals surface area contributed by atoms with E-state index >= 15 is 0 Å². The molecule has 0 aromatic heterocycles. The molecule has 220 valence electrons. The van der Waals surface area contributed by atoms with Crippen LogP contribution < -0.4 is 29.4 Å². The van der Waals surface area contributed by atoms with Gasteiger partial charge in [0.1, 0.15) is 28.9 Å². The molecule has 0 amide bonds. The maximum atomic E-state index is 12.5. The molecule has 0 saturated heterocycles. The summed E-state index contributed by atoms with van der Waals surface area (Å²) in [6, 6.07) is 20.4. The molecule has 4 rings (SSSR count). The molecule has 1 aliphatic rings. The number of carbonyl (C=O) groups excluding carboxylic acids is 1. The van der Waals surface area contributed by atoms with Crippen molar-refractivity contribution >= 4 is 5.97 Å². The van der Waals surface area contributed by atoms with Crippen LogP contribution in [0.1, 0.15) is 75.0 Å². The van der Waals surface area contributed by atoms with Crippen LogP contribution in [0.15, 0.2) is 72.1 Å². The Bertz CT molecular complexity index is 1460. The first kappa shape index (κ1) is 30.3. The lowest BCUT2D eigenvalue weighted by molar-refractivity contribution is -0.136. The molecule has 1 aliphatic heterocycles. The van der Waals surface area contributed by atoms with Crippen LogP contribution in [0.4, 0.5) is 0 Å². The second-order valence-electron chi connectivity index (χ2n) is 10.4. The second-order valence-corrected chi connectivity index (χ2v) is 10.4. The minimum Gasteiger partial charge on any atom is -0.493 e. The smallest absolute Gasteiger partial charge is 0.349 e. The molecule has 2 N–H and O–H groups in total. The van der Waals surface area contributed by atoms with Gasteiger partial charge < -0.3 is 29.4 Å². The highest BCUT2D eigenvalue weighted by atomic mass is 16.6. The van der Waals surface area contributed by atoms with Crippen LogP contribution in [0.2, 0.25) is 0 Å². The summed E-state index contributed by atoms with van der Waals surface area (Å²) in [5, 5.41) is 9.95. The molecule has 0 radical (unpaired) electrons. The van der Waals surface area contributed by atoms with Gasteiger partial charge in [-0.05, 0) is 53.8 Å². The summed E-state index contributed by atoms with van der Waals surface area (Å²) in [6.07, 6.45) is 4.42. The van der Waals surface area contributed by atoms with E-state index in [4.69, 9.17) is 29.4 Å². The molecule has 8 nitrogen and oxygen atoms in total. The fraction of sp³-hybridized carbons (Fsp3) is 0.353. The van der Waals surface area contributed by atoms with Crippen LogP contribution in [0.3, 0.4) is 0 Å². The number of unbranched alkanes of at least 4 members (excludes halogenated alkanes) is 3. The molecular weight excluding hydrogens is 532 g/mol. The average Bonchev–Trinajstić information content (AvgIpc) is 2.99. The number of allylic oxidation sites excluding steroid dienone is 1. The zero-order chi connectivity index (χ0) is 30.1. The SMILES string of the molecule is CCCCCCOc1ccc(C2C(C#N)=C(N)Oc3cc(OC(=O)COc4ccc(C(C)C)cc4)ccc32)cc1OC. The lowest BCUT2D eigenvalue weighted by Crippen LogP contribution is -2.22. The van der Waals surface area contributed by atoms with Crippen molar-refractivity contribution in [3.05, 3.63) is 88.8 Å². The molecule has 3 aromatic carbocycles. The average molecular weight is 571 g/mol. The number of nitrogens with zero attached hydrogens (tertiary/aromatic N) is 1. The van der Waals surface area contributed by atoms with Crippen molar-refractivity contribution in [2.75, 3.05) is 20.3 Å². The van der Waals surface area contributed by atoms with Crippen molar-refractivity contribution < 1.29 is 28.5 Å². The molecule has 0 saturated carbocycles.